The number of nitrogens with zero attached hydrogens (tertiary/aromatic N) is 4. The van der Waals surface area contributed by atoms with Gasteiger partial charge < -0.3 is 30.1 Å². The molecular weight excluding hydrogens is 530 g/mol. The van der Waals surface area contributed by atoms with Gasteiger partial charge in [-0.2, -0.15) is 0 Å². The van der Waals surface area contributed by atoms with Gasteiger partial charge in [-0.3, -0.25) is 14.6 Å². The van der Waals surface area contributed by atoms with Crippen LogP contribution < -0.4 is 10.1 Å². The number of amides is 2. The minimum absolute atomic E-state index is 0.0149. The number of aromatic nitrogens is 2. The maximum absolute atomic E-state index is 13.0. The summed E-state index contributed by atoms with van der Waals surface area (Å²) < 4.78 is 5.23. The fraction of sp³-hybridized carbons (Fsp3) is 0.379. The first-order chi connectivity index (χ1) is 19.8. The second-order valence-corrected chi connectivity index (χ2v) is 9.85. The number of rotatable bonds is 6. The molecule has 5 rings (SSSR count). The minimum Gasteiger partial charge on any atom is -0.481 e. The number of fused-ring (bicyclic) bond motifs is 2. The van der Waals surface area contributed by atoms with Crippen molar-refractivity contribution in [2.24, 2.45) is 5.92 Å². The van der Waals surface area contributed by atoms with Crippen LogP contribution in [0.3, 0.4) is 0 Å². The number of carboxylic acid groups (broad SMARTS) is 2. The van der Waals surface area contributed by atoms with Crippen LogP contribution in [0.5, 0.6) is 5.88 Å². The second kappa shape index (κ2) is 13.7. The molecule has 0 aliphatic carbocycles. The van der Waals surface area contributed by atoms with E-state index in [4.69, 9.17) is 24.5 Å². The number of aryl methyl sites for hydroxylation is 1. The van der Waals surface area contributed by atoms with Crippen molar-refractivity contribution in [1.29, 1.82) is 0 Å². The highest BCUT2D eigenvalue weighted by Gasteiger charge is 2.27. The van der Waals surface area contributed by atoms with Crippen LogP contribution in [0.25, 0.3) is 11.0 Å². The lowest BCUT2D eigenvalue weighted by Gasteiger charge is -2.33. The standard InChI is InChI=1S/C27H31N5O3.C2H2O4/c1-35-24-9-8-22-25(30-24)23(10-13-28-22)29-26(33)20-11-15-31(16-12-20)17-18-32-14-4-6-19-5-2-3-7-21(19)27(32)34;3-1(4)2(5)6/h2-3,5,7-10,13,20H,4,6,11-12,14-18H2,1H3,(H,28,29,33);(H,3,4)(H,5,6). The van der Waals surface area contributed by atoms with E-state index in [0.29, 0.717) is 22.6 Å². The van der Waals surface area contributed by atoms with Crippen LogP contribution in [0.2, 0.25) is 0 Å². The number of anilines is 1. The van der Waals surface area contributed by atoms with Crippen molar-refractivity contribution in [2.45, 2.75) is 25.7 Å². The van der Waals surface area contributed by atoms with Crippen LogP contribution in [0.1, 0.15) is 35.2 Å². The molecular formula is C29H33N5O7. The number of nitrogens with one attached hydrogen (secondary N) is 1. The maximum atomic E-state index is 13.0. The first-order valence-corrected chi connectivity index (χ1v) is 13.4. The van der Waals surface area contributed by atoms with Gasteiger partial charge in [0.2, 0.25) is 11.8 Å². The van der Waals surface area contributed by atoms with Crippen molar-refractivity contribution in [2.75, 3.05) is 45.2 Å². The first-order valence-electron chi connectivity index (χ1n) is 13.4. The number of likely N-dealkylation sites (tertiary alicyclic amines) is 1. The van der Waals surface area contributed by atoms with Gasteiger partial charge in [0.15, 0.2) is 0 Å². The van der Waals surface area contributed by atoms with Crippen LogP contribution in [0.15, 0.2) is 48.7 Å². The summed E-state index contributed by atoms with van der Waals surface area (Å²) in [6.45, 7) is 4.05. The minimum atomic E-state index is -1.82. The van der Waals surface area contributed by atoms with Crippen molar-refractivity contribution in [3.8, 4) is 5.88 Å². The fourth-order valence-electron chi connectivity index (χ4n) is 5.03. The van der Waals surface area contributed by atoms with Crippen molar-refractivity contribution in [3.05, 3.63) is 59.8 Å². The maximum Gasteiger partial charge on any atom is 0.414 e. The van der Waals surface area contributed by atoms with Crippen LogP contribution in [-0.4, -0.2) is 93.6 Å². The van der Waals surface area contributed by atoms with Gasteiger partial charge >= 0.3 is 11.9 Å². The summed E-state index contributed by atoms with van der Waals surface area (Å²) in [6.07, 6.45) is 5.21. The van der Waals surface area contributed by atoms with E-state index in [-0.39, 0.29) is 17.7 Å². The number of ether oxygens (including phenoxy) is 1. The Bertz CT molecular complexity index is 1410. The Morgan fingerprint density at radius 3 is 2.44 bits per heavy atom. The van der Waals surface area contributed by atoms with Gasteiger partial charge in [0.05, 0.1) is 18.3 Å². The number of piperidine rings is 1. The Morgan fingerprint density at radius 2 is 1.73 bits per heavy atom. The lowest BCUT2D eigenvalue weighted by molar-refractivity contribution is -0.159. The van der Waals surface area contributed by atoms with Gasteiger partial charge in [0, 0.05) is 43.4 Å². The Kier molecular flexibility index (Phi) is 9.80. The molecule has 0 radical (unpaired) electrons. The fourth-order valence-corrected chi connectivity index (χ4v) is 5.03. The van der Waals surface area contributed by atoms with Crippen LogP contribution in [0.4, 0.5) is 5.69 Å². The number of pyridine rings is 2. The van der Waals surface area contributed by atoms with E-state index in [1.54, 1.807) is 25.4 Å². The zero-order chi connectivity index (χ0) is 29.4. The molecule has 12 heteroatoms. The summed E-state index contributed by atoms with van der Waals surface area (Å²) in [5.74, 6) is -3.05. The molecule has 41 heavy (non-hydrogen) atoms. The third kappa shape index (κ3) is 7.54. The number of methoxy groups -OCH3 is 1. The Balaban J connectivity index is 0.000000585. The number of carbonyl (C=O) groups excluding carboxylic acids is 2. The first kappa shape index (κ1) is 29.4. The number of carboxylic acids is 2. The van der Waals surface area contributed by atoms with E-state index in [9.17, 15) is 9.59 Å². The highest BCUT2D eigenvalue weighted by Crippen LogP contribution is 2.25. The van der Waals surface area contributed by atoms with Gasteiger partial charge in [-0.1, -0.05) is 18.2 Å². The third-order valence-electron chi connectivity index (χ3n) is 7.26. The Morgan fingerprint density at radius 1 is 1.00 bits per heavy atom. The molecule has 4 heterocycles. The predicted octanol–water partition coefficient (Wildman–Crippen LogP) is 2.53. The molecule has 0 saturated carbocycles. The van der Waals surface area contributed by atoms with Gasteiger partial charge in [-0.05, 0) is 62.5 Å². The van der Waals surface area contributed by atoms with Gasteiger partial charge in [-0.15, -0.1) is 0 Å². The smallest absolute Gasteiger partial charge is 0.414 e. The molecule has 2 aliphatic rings. The summed E-state index contributed by atoms with van der Waals surface area (Å²) in [5, 5.41) is 17.8. The molecule has 1 fully saturated rings. The summed E-state index contributed by atoms with van der Waals surface area (Å²) in [4.78, 5) is 57.3. The second-order valence-electron chi connectivity index (χ2n) is 9.85. The largest absolute Gasteiger partial charge is 0.481 e. The average Bonchev–Trinajstić information content (AvgIpc) is 3.14. The van der Waals surface area contributed by atoms with Crippen LogP contribution in [0, 0.1) is 5.92 Å². The highest BCUT2D eigenvalue weighted by atomic mass is 16.5. The number of benzene rings is 1. The number of aliphatic carboxylic acids is 2. The van der Waals surface area contributed by atoms with E-state index in [1.165, 1.54) is 0 Å². The molecule has 216 valence electrons. The van der Waals surface area contributed by atoms with Crippen LogP contribution in [-0.2, 0) is 20.8 Å². The predicted molar refractivity (Wildman–Crippen MR) is 150 cm³/mol. The topological polar surface area (TPSA) is 162 Å². The molecule has 0 atom stereocenters. The van der Waals surface area contributed by atoms with Crippen molar-refractivity contribution in [3.63, 3.8) is 0 Å². The molecule has 2 aromatic heterocycles. The monoisotopic (exact) mass is 563 g/mol. The Hall–Kier alpha value is -4.58. The SMILES string of the molecule is COc1ccc2nccc(NC(=O)C3CCN(CCN4CCCc5ccccc5C4=O)CC3)c2n1.O=C(O)C(=O)O. The van der Waals surface area contributed by atoms with Gasteiger partial charge in [-0.25, -0.2) is 14.6 Å². The highest BCUT2D eigenvalue weighted by molar-refractivity contribution is 6.27. The summed E-state index contributed by atoms with van der Waals surface area (Å²) >= 11 is 0. The number of hydrogen-bond donors (Lipinski definition) is 3. The molecule has 1 saturated heterocycles. The molecule has 3 aromatic rings. The zero-order valence-corrected chi connectivity index (χ0v) is 22.8. The van der Waals surface area contributed by atoms with E-state index < -0.39 is 11.9 Å². The molecule has 2 amide bonds. The molecule has 3 N–H and O–H groups in total. The lowest BCUT2D eigenvalue weighted by atomic mass is 9.95. The number of carbonyl (C=O) groups is 4. The zero-order valence-electron chi connectivity index (χ0n) is 22.8. The molecule has 12 nitrogen and oxygen atoms in total. The van der Waals surface area contributed by atoms with Crippen molar-refractivity contribution < 1.29 is 34.1 Å². The van der Waals surface area contributed by atoms with E-state index >= 15 is 0 Å². The molecule has 0 bridgehead atoms. The molecule has 1 aromatic carbocycles. The van der Waals surface area contributed by atoms with E-state index in [2.05, 4.69) is 26.3 Å². The van der Waals surface area contributed by atoms with Gasteiger partial charge in [0.1, 0.15) is 5.52 Å². The summed E-state index contributed by atoms with van der Waals surface area (Å²) in [7, 11) is 1.57. The summed E-state index contributed by atoms with van der Waals surface area (Å²) in [5.41, 5.74) is 3.99. The molecule has 0 spiro atoms. The molecule has 2 aliphatic heterocycles. The van der Waals surface area contributed by atoms with Crippen molar-refractivity contribution in [1.82, 2.24) is 19.8 Å². The summed E-state index contributed by atoms with van der Waals surface area (Å²) in [6, 6.07) is 13.3. The van der Waals surface area contributed by atoms with E-state index in [0.717, 1.165) is 69.5 Å². The van der Waals surface area contributed by atoms with Crippen LogP contribution >= 0.6 is 0 Å². The quantitative estimate of drug-likeness (QED) is 0.380. The Labute approximate surface area is 236 Å². The average molecular weight is 564 g/mol. The number of hydrogen-bond acceptors (Lipinski definition) is 8. The van der Waals surface area contributed by atoms with Crippen molar-refractivity contribution >= 4 is 40.5 Å². The lowest BCUT2D eigenvalue weighted by Crippen LogP contribution is -2.43. The normalized spacial score (nSPS) is 15.7. The molecule has 0 unspecified atom stereocenters. The third-order valence-corrected chi connectivity index (χ3v) is 7.26. The van der Waals surface area contributed by atoms with E-state index in [1.807, 2.05) is 29.2 Å². The van der Waals surface area contributed by atoms with Gasteiger partial charge in [0.25, 0.3) is 5.91 Å².